The van der Waals surface area contributed by atoms with Gasteiger partial charge < -0.3 is 10.6 Å². The van der Waals surface area contributed by atoms with Crippen molar-refractivity contribution in [1.82, 2.24) is 9.78 Å². The third-order valence-corrected chi connectivity index (χ3v) is 5.55. The fourth-order valence-corrected chi connectivity index (χ4v) is 3.88. The smallest absolute Gasteiger partial charge is 0.175 e. The Hall–Kier alpha value is -2.96. The van der Waals surface area contributed by atoms with E-state index in [-0.39, 0.29) is 5.82 Å². The van der Waals surface area contributed by atoms with Gasteiger partial charge in [0.2, 0.25) is 0 Å². The van der Waals surface area contributed by atoms with E-state index >= 15 is 0 Å². The van der Waals surface area contributed by atoms with Crippen molar-refractivity contribution in [1.29, 1.82) is 0 Å². The van der Waals surface area contributed by atoms with Crippen LogP contribution in [0.25, 0.3) is 10.8 Å². The van der Waals surface area contributed by atoms with E-state index < -0.39 is 0 Å². The molecule has 4 aromatic rings. The Labute approximate surface area is 184 Å². The number of aryl methyl sites for hydroxylation is 1. The number of halogens is 2. The summed E-state index contributed by atoms with van der Waals surface area (Å²) in [4.78, 5) is 0. The van der Waals surface area contributed by atoms with Crippen LogP contribution in [0.5, 0.6) is 0 Å². The van der Waals surface area contributed by atoms with Crippen molar-refractivity contribution < 1.29 is 4.39 Å². The molecule has 2 N–H and O–H groups in total. The summed E-state index contributed by atoms with van der Waals surface area (Å²) in [6.07, 6.45) is 0. The molecule has 0 aliphatic carbocycles. The highest BCUT2D eigenvalue weighted by molar-refractivity contribution is 7.80. The molecule has 30 heavy (non-hydrogen) atoms. The summed E-state index contributed by atoms with van der Waals surface area (Å²) in [7, 11) is 0. The lowest BCUT2D eigenvalue weighted by Crippen LogP contribution is -2.20. The van der Waals surface area contributed by atoms with Gasteiger partial charge in [-0.05, 0) is 55.2 Å². The third-order valence-electron chi connectivity index (χ3n) is 4.99. The molecule has 152 valence electrons. The van der Waals surface area contributed by atoms with E-state index in [0.717, 1.165) is 39.1 Å². The molecule has 0 radical (unpaired) electrons. The molecule has 0 saturated carbocycles. The van der Waals surface area contributed by atoms with Crippen LogP contribution in [0.3, 0.4) is 0 Å². The van der Waals surface area contributed by atoms with Gasteiger partial charge in [0.05, 0.1) is 23.6 Å². The monoisotopic (exact) mass is 438 g/mol. The highest BCUT2D eigenvalue weighted by atomic mass is 35.5. The van der Waals surface area contributed by atoms with E-state index in [1.807, 2.05) is 42.8 Å². The molecule has 1 heterocycles. The number of fused-ring (bicyclic) bond motifs is 1. The van der Waals surface area contributed by atoms with Crippen molar-refractivity contribution in [2.75, 3.05) is 10.6 Å². The van der Waals surface area contributed by atoms with Crippen LogP contribution >= 0.6 is 23.8 Å². The summed E-state index contributed by atoms with van der Waals surface area (Å²) in [6.45, 7) is 4.32. The predicted molar refractivity (Wildman–Crippen MR) is 126 cm³/mol. The fourth-order valence-electron chi connectivity index (χ4n) is 3.44. The fraction of sp³-hybridized carbons (Fsp3) is 0.130. The Bertz CT molecular complexity index is 1250. The number of nitrogens with one attached hydrogen (secondary N) is 2. The average molecular weight is 439 g/mol. The zero-order valence-electron chi connectivity index (χ0n) is 16.5. The summed E-state index contributed by atoms with van der Waals surface area (Å²) in [5.41, 5.74) is 4.30. The van der Waals surface area contributed by atoms with Crippen LogP contribution in [0.4, 0.5) is 15.8 Å². The maximum Gasteiger partial charge on any atom is 0.175 e. The van der Waals surface area contributed by atoms with Gasteiger partial charge in [-0.3, -0.25) is 4.68 Å². The molecular formula is C23H20ClFN4S. The van der Waals surface area contributed by atoms with Crippen molar-refractivity contribution in [3.8, 4) is 0 Å². The van der Waals surface area contributed by atoms with Gasteiger partial charge in [0.25, 0.3) is 0 Å². The van der Waals surface area contributed by atoms with E-state index in [1.165, 1.54) is 12.1 Å². The maximum atomic E-state index is 13.3. The van der Waals surface area contributed by atoms with E-state index in [1.54, 1.807) is 6.07 Å². The highest BCUT2D eigenvalue weighted by Crippen LogP contribution is 2.25. The molecular weight excluding hydrogens is 419 g/mol. The minimum atomic E-state index is -0.357. The van der Waals surface area contributed by atoms with Gasteiger partial charge in [-0.1, -0.05) is 54.1 Å². The van der Waals surface area contributed by atoms with Gasteiger partial charge in [0.1, 0.15) is 5.82 Å². The molecule has 0 amide bonds. The number of anilines is 2. The lowest BCUT2D eigenvalue weighted by molar-refractivity contribution is 0.622. The highest BCUT2D eigenvalue weighted by Gasteiger charge is 2.14. The van der Waals surface area contributed by atoms with Crippen LogP contribution in [-0.2, 0) is 6.54 Å². The lowest BCUT2D eigenvalue weighted by Gasteiger charge is -2.13. The molecule has 4 rings (SSSR count). The molecule has 0 saturated heterocycles. The Morgan fingerprint density at radius 2 is 1.83 bits per heavy atom. The van der Waals surface area contributed by atoms with Crippen molar-refractivity contribution in [3.63, 3.8) is 0 Å². The van der Waals surface area contributed by atoms with Crippen molar-refractivity contribution in [2.24, 2.45) is 0 Å². The van der Waals surface area contributed by atoms with E-state index in [4.69, 9.17) is 23.8 Å². The van der Waals surface area contributed by atoms with Gasteiger partial charge >= 0.3 is 0 Å². The number of rotatable bonds is 4. The zero-order chi connectivity index (χ0) is 21.3. The minimum absolute atomic E-state index is 0.357. The zero-order valence-corrected chi connectivity index (χ0v) is 18.1. The summed E-state index contributed by atoms with van der Waals surface area (Å²) in [5.74, 6) is -0.357. The molecule has 0 fully saturated rings. The van der Waals surface area contributed by atoms with Crippen LogP contribution in [-0.4, -0.2) is 14.9 Å². The molecule has 1 aromatic heterocycles. The number of aromatic nitrogens is 2. The molecule has 7 heteroatoms. The maximum absolute atomic E-state index is 13.3. The largest absolute Gasteiger partial charge is 0.332 e. The third kappa shape index (κ3) is 4.15. The SMILES string of the molecule is Cc1nn(Cc2ccc(F)cc2Cl)c(C)c1NC(=S)Nc1cccc2ccccc12. The summed E-state index contributed by atoms with van der Waals surface area (Å²) in [5, 5.41) is 14.2. The van der Waals surface area contributed by atoms with Crippen LogP contribution in [0.15, 0.2) is 60.7 Å². The van der Waals surface area contributed by atoms with Gasteiger partial charge in [-0.2, -0.15) is 5.10 Å². The van der Waals surface area contributed by atoms with Gasteiger partial charge in [0, 0.05) is 16.1 Å². The van der Waals surface area contributed by atoms with Gasteiger partial charge in [-0.25, -0.2) is 4.39 Å². The molecule has 0 bridgehead atoms. The number of hydrogen-bond acceptors (Lipinski definition) is 2. The summed E-state index contributed by atoms with van der Waals surface area (Å²) in [6, 6.07) is 18.6. The minimum Gasteiger partial charge on any atom is -0.332 e. The topological polar surface area (TPSA) is 41.9 Å². The first kappa shape index (κ1) is 20.3. The predicted octanol–water partition coefficient (Wildman–Crippen LogP) is 6.30. The van der Waals surface area contributed by atoms with Gasteiger partial charge in [0.15, 0.2) is 5.11 Å². The van der Waals surface area contributed by atoms with Crippen LogP contribution < -0.4 is 10.6 Å². The molecule has 3 aromatic carbocycles. The quantitative estimate of drug-likeness (QED) is 0.367. The van der Waals surface area contributed by atoms with Crippen LogP contribution in [0.2, 0.25) is 5.02 Å². The van der Waals surface area contributed by atoms with Crippen LogP contribution in [0.1, 0.15) is 17.0 Å². The number of benzene rings is 3. The van der Waals surface area contributed by atoms with Gasteiger partial charge in [-0.15, -0.1) is 0 Å². The number of thiocarbonyl (C=S) groups is 1. The molecule has 0 unspecified atom stereocenters. The molecule has 0 aliphatic rings. The Balaban J connectivity index is 1.54. The van der Waals surface area contributed by atoms with Crippen LogP contribution in [0, 0.1) is 19.7 Å². The van der Waals surface area contributed by atoms with E-state index in [9.17, 15) is 4.39 Å². The standard InChI is InChI=1S/C23H20ClFN4S/c1-14-22(15(2)29(28-14)13-17-10-11-18(25)12-20(17)24)27-23(30)26-21-9-5-7-16-6-3-4-8-19(16)21/h3-12H,13H2,1-2H3,(H2,26,27,30). The second kappa shape index (κ2) is 8.42. The number of hydrogen-bond donors (Lipinski definition) is 2. The van der Waals surface area contributed by atoms with Crippen molar-refractivity contribution >= 4 is 51.1 Å². The Kier molecular flexibility index (Phi) is 5.70. The Morgan fingerprint density at radius 3 is 2.63 bits per heavy atom. The molecule has 0 atom stereocenters. The molecule has 4 nitrogen and oxygen atoms in total. The first-order valence-electron chi connectivity index (χ1n) is 9.46. The van der Waals surface area contributed by atoms with E-state index in [0.29, 0.717) is 16.7 Å². The summed E-state index contributed by atoms with van der Waals surface area (Å²) < 4.78 is 15.1. The second-order valence-electron chi connectivity index (χ2n) is 7.05. The molecule has 0 aliphatic heterocycles. The van der Waals surface area contributed by atoms with Crippen molar-refractivity contribution in [2.45, 2.75) is 20.4 Å². The average Bonchev–Trinajstić information content (AvgIpc) is 2.98. The Morgan fingerprint density at radius 1 is 1.07 bits per heavy atom. The second-order valence-corrected chi connectivity index (χ2v) is 7.86. The normalized spacial score (nSPS) is 10.9. The first-order valence-corrected chi connectivity index (χ1v) is 10.2. The molecule has 0 spiro atoms. The lowest BCUT2D eigenvalue weighted by atomic mass is 10.1. The summed E-state index contributed by atoms with van der Waals surface area (Å²) >= 11 is 11.7. The number of nitrogens with zero attached hydrogens (tertiary/aromatic N) is 2. The van der Waals surface area contributed by atoms with E-state index in [2.05, 4.69) is 33.9 Å². The first-order chi connectivity index (χ1) is 14.4. The van der Waals surface area contributed by atoms with Crippen molar-refractivity contribution in [3.05, 3.63) is 88.5 Å².